The van der Waals surface area contributed by atoms with Crippen LogP contribution in [0.25, 0.3) is 6.08 Å². The van der Waals surface area contributed by atoms with Crippen molar-refractivity contribution in [1.29, 1.82) is 0 Å². The first-order chi connectivity index (χ1) is 8.99. The molecule has 0 aromatic heterocycles. The van der Waals surface area contributed by atoms with Gasteiger partial charge in [-0.05, 0) is 5.56 Å². The van der Waals surface area contributed by atoms with Crippen LogP contribution in [0.4, 0.5) is 13.2 Å². The van der Waals surface area contributed by atoms with Crippen LogP contribution < -0.4 is 10.9 Å². The molecule has 0 aliphatic rings. The van der Waals surface area contributed by atoms with Crippen molar-refractivity contribution in [1.82, 2.24) is 0 Å². The van der Waals surface area contributed by atoms with Crippen LogP contribution in [0, 0.1) is 0 Å². The second-order valence-electron chi connectivity index (χ2n) is 4.13. The lowest BCUT2D eigenvalue weighted by Crippen LogP contribution is -2.27. The number of alkyl halides is 3. The summed E-state index contributed by atoms with van der Waals surface area (Å²) in [6.45, 7) is 3.66. The number of halogens is 3. The molecule has 0 aliphatic carbocycles. The highest BCUT2D eigenvalue weighted by molar-refractivity contribution is 6.67. The van der Waals surface area contributed by atoms with E-state index in [9.17, 15) is 13.2 Å². The van der Waals surface area contributed by atoms with Crippen LogP contribution in [-0.4, -0.2) is 7.28 Å². The van der Waals surface area contributed by atoms with Gasteiger partial charge in [0.1, 0.15) is 0 Å². The van der Waals surface area contributed by atoms with Gasteiger partial charge in [0.05, 0.1) is 5.56 Å². The summed E-state index contributed by atoms with van der Waals surface area (Å²) in [6, 6.07) is 12.7. The molecule has 0 bridgehead atoms. The molecule has 0 amide bonds. The molecule has 0 saturated carbocycles. The molecule has 0 fully saturated rings. The first-order valence-corrected chi connectivity index (χ1v) is 5.73. The van der Waals surface area contributed by atoms with Gasteiger partial charge in [-0.15, -0.1) is 24.3 Å². The zero-order valence-electron chi connectivity index (χ0n) is 10.1. The summed E-state index contributed by atoms with van der Waals surface area (Å²) in [4.78, 5) is 0. The highest BCUT2D eigenvalue weighted by atomic mass is 19.4. The molecular formula is C15H11BF3-. The molecule has 2 rings (SSSR count). The molecule has 0 saturated heterocycles. The van der Waals surface area contributed by atoms with Crippen molar-refractivity contribution in [2.45, 2.75) is 6.18 Å². The van der Waals surface area contributed by atoms with Gasteiger partial charge in [-0.25, -0.2) is 0 Å². The Morgan fingerprint density at radius 3 is 1.74 bits per heavy atom. The van der Waals surface area contributed by atoms with Crippen molar-refractivity contribution in [2.75, 3.05) is 0 Å². The van der Waals surface area contributed by atoms with Crippen LogP contribution >= 0.6 is 0 Å². The molecule has 4 heteroatoms. The van der Waals surface area contributed by atoms with Gasteiger partial charge in [-0.1, -0.05) is 36.9 Å². The van der Waals surface area contributed by atoms with Crippen LogP contribution in [0.15, 0.2) is 55.1 Å². The molecule has 2 radical (unpaired) electrons. The summed E-state index contributed by atoms with van der Waals surface area (Å²) in [5.41, 5.74) is 2.04. The van der Waals surface area contributed by atoms with E-state index in [0.29, 0.717) is 0 Å². The predicted molar refractivity (Wildman–Crippen MR) is 73.0 cm³/mol. The third kappa shape index (κ3) is 3.50. The zero-order valence-corrected chi connectivity index (χ0v) is 10.1. The standard InChI is InChI=1S/C15H11BF3/c1-2-11-3-7-13(8-4-11)16-14-9-5-12(6-10-14)15(17,18)19/h2-10H,1H2/q-1. The Morgan fingerprint density at radius 1 is 0.842 bits per heavy atom. The maximum absolute atomic E-state index is 12.4. The molecular weight excluding hydrogens is 248 g/mol. The highest BCUT2D eigenvalue weighted by Gasteiger charge is 2.29. The molecule has 0 unspecified atom stereocenters. The number of hydrogen-bond donors (Lipinski definition) is 0. The van der Waals surface area contributed by atoms with Crippen molar-refractivity contribution in [3.63, 3.8) is 0 Å². The molecule has 0 N–H and O–H groups in total. The third-order valence-corrected chi connectivity index (χ3v) is 2.74. The van der Waals surface area contributed by atoms with E-state index in [1.807, 2.05) is 31.5 Å². The third-order valence-electron chi connectivity index (χ3n) is 2.74. The minimum atomic E-state index is -4.29. The summed E-state index contributed by atoms with van der Waals surface area (Å²) in [5.74, 6) is 0. The van der Waals surface area contributed by atoms with Crippen LogP contribution in [0.5, 0.6) is 0 Å². The van der Waals surface area contributed by atoms with Crippen molar-refractivity contribution in [2.24, 2.45) is 0 Å². The van der Waals surface area contributed by atoms with Gasteiger partial charge in [0.2, 0.25) is 0 Å². The summed E-state index contributed by atoms with van der Waals surface area (Å²) in [5, 5.41) is 0. The average molecular weight is 259 g/mol. The summed E-state index contributed by atoms with van der Waals surface area (Å²) in [6.07, 6.45) is -2.55. The largest absolute Gasteiger partial charge is 0.416 e. The van der Waals surface area contributed by atoms with E-state index in [2.05, 4.69) is 6.58 Å². The fraction of sp³-hybridized carbons (Fsp3) is 0.0667. The number of rotatable bonds is 3. The second-order valence-corrected chi connectivity index (χ2v) is 4.13. The van der Waals surface area contributed by atoms with E-state index >= 15 is 0 Å². The predicted octanol–water partition coefficient (Wildman–Crippen LogP) is 3.00. The number of hydrogen-bond acceptors (Lipinski definition) is 0. The summed E-state index contributed by atoms with van der Waals surface area (Å²) >= 11 is 0. The van der Waals surface area contributed by atoms with E-state index in [0.717, 1.165) is 28.6 Å². The van der Waals surface area contributed by atoms with E-state index in [-0.39, 0.29) is 0 Å². The van der Waals surface area contributed by atoms with Crippen LogP contribution in [-0.2, 0) is 6.18 Å². The fourth-order valence-electron chi connectivity index (χ4n) is 1.69. The van der Waals surface area contributed by atoms with Gasteiger partial charge in [0.15, 0.2) is 0 Å². The molecule has 0 heterocycles. The van der Waals surface area contributed by atoms with Crippen molar-refractivity contribution in [3.8, 4) is 0 Å². The molecule has 0 atom stereocenters. The van der Waals surface area contributed by atoms with Gasteiger partial charge < -0.3 is 0 Å². The quantitative estimate of drug-likeness (QED) is 0.743. The zero-order chi connectivity index (χ0) is 13.9. The maximum atomic E-state index is 12.4. The lowest BCUT2D eigenvalue weighted by atomic mass is 9.64. The molecule has 0 nitrogen and oxygen atoms in total. The van der Waals surface area contributed by atoms with Crippen LogP contribution in [0.3, 0.4) is 0 Å². The van der Waals surface area contributed by atoms with Gasteiger partial charge in [-0.3, -0.25) is 18.2 Å². The van der Waals surface area contributed by atoms with Gasteiger partial charge in [-0.2, -0.15) is 13.2 Å². The maximum Gasteiger partial charge on any atom is 0.416 e. The topological polar surface area (TPSA) is 0 Å². The van der Waals surface area contributed by atoms with E-state index in [1.54, 1.807) is 6.08 Å². The highest BCUT2D eigenvalue weighted by Crippen LogP contribution is 2.28. The van der Waals surface area contributed by atoms with Gasteiger partial charge in [0, 0.05) is 0 Å². The fourth-order valence-corrected chi connectivity index (χ4v) is 1.69. The number of benzene rings is 2. The Bertz CT molecular complexity index is 553. The van der Waals surface area contributed by atoms with Gasteiger partial charge in [0.25, 0.3) is 0 Å². The Balaban J connectivity index is 2.12. The molecule has 2 aromatic rings. The Hall–Kier alpha value is -1.97. The monoisotopic (exact) mass is 259 g/mol. The molecule has 96 valence electrons. The Kier molecular flexibility index (Phi) is 3.79. The first-order valence-electron chi connectivity index (χ1n) is 5.73. The minimum absolute atomic E-state index is 0.633. The van der Waals surface area contributed by atoms with Crippen LogP contribution in [0.2, 0.25) is 0 Å². The second kappa shape index (κ2) is 5.35. The van der Waals surface area contributed by atoms with Gasteiger partial charge >= 0.3 is 6.18 Å². The molecule has 0 spiro atoms. The summed E-state index contributed by atoms with van der Waals surface area (Å²) in [7, 11) is 1.83. The SMILES string of the molecule is C=Cc1ccc([B-]c2ccc(C(F)(F)F)cc2)cc1. The van der Waals surface area contributed by atoms with E-state index in [4.69, 9.17) is 0 Å². The minimum Gasteiger partial charge on any atom is -0.275 e. The Labute approximate surface area is 110 Å². The smallest absolute Gasteiger partial charge is 0.275 e. The van der Waals surface area contributed by atoms with Crippen molar-refractivity contribution in [3.05, 3.63) is 66.2 Å². The lowest BCUT2D eigenvalue weighted by molar-refractivity contribution is -0.137. The Morgan fingerprint density at radius 2 is 1.32 bits per heavy atom. The van der Waals surface area contributed by atoms with Crippen molar-refractivity contribution < 1.29 is 13.2 Å². The normalized spacial score (nSPS) is 11.3. The average Bonchev–Trinajstić information content (AvgIpc) is 2.39. The van der Waals surface area contributed by atoms with Crippen LogP contribution in [0.1, 0.15) is 11.1 Å². The first kappa shape index (κ1) is 13.5. The molecule has 0 aliphatic heterocycles. The van der Waals surface area contributed by atoms with Crippen molar-refractivity contribution >= 4 is 24.3 Å². The molecule has 2 aromatic carbocycles. The summed E-state index contributed by atoms with van der Waals surface area (Å²) < 4.78 is 37.2. The lowest BCUT2D eigenvalue weighted by Gasteiger charge is -2.18. The molecule has 19 heavy (non-hydrogen) atoms. The van der Waals surface area contributed by atoms with E-state index < -0.39 is 11.7 Å². The van der Waals surface area contributed by atoms with E-state index in [1.165, 1.54) is 12.1 Å².